The molecule has 0 saturated carbocycles. The average molecular weight is 602 g/mol. The zero-order valence-electron chi connectivity index (χ0n) is 25.3. The fraction of sp³-hybridized carbons (Fsp3) is 0. The van der Waals surface area contributed by atoms with Gasteiger partial charge in [-0.25, -0.2) is 9.97 Å². The SMILES string of the molecule is c1ccc(-c2nc(-c3ccc(-c4ccc5c(c4)-c4cccc6cccc(c46)O5)cc3)cc(-c3cccc(-c4cccnc4)c3)n2)cc1. The van der Waals surface area contributed by atoms with E-state index < -0.39 is 0 Å². The summed E-state index contributed by atoms with van der Waals surface area (Å²) in [5.74, 6) is 2.48. The predicted octanol–water partition coefficient (Wildman–Crippen LogP) is 11.1. The molecule has 0 radical (unpaired) electrons. The van der Waals surface area contributed by atoms with Crippen molar-refractivity contribution in [3.05, 3.63) is 164 Å². The standard InChI is InChI=1S/C43H27N3O/c1-2-8-31(9-3-1)43-45-38(26-39(46-43)34-13-4-12-32(24-34)35-14-7-23-44-27-35)29-19-17-28(18-20-29)33-21-22-40-37(25-33)36-15-5-10-30-11-6-16-41(47-40)42(30)36/h1-27H. The van der Waals surface area contributed by atoms with Crippen LogP contribution in [0.4, 0.5) is 0 Å². The van der Waals surface area contributed by atoms with Gasteiger partial charge in [-0.1, -0.05) is 115 Å². The fourth-order valence-electron chi connectivity index (χ4n) is 6.43. The summed E-state index contributed by atoms with van der Waals surface area (Å²) < 4.78 is 6.33. The molecule has 0 amide bonds. The van der Waals surface area contributed by atoms with Crippen LogP contribution in [0.15, 0.2) is 164 Å². The third-order valence-electron chi connectivity index (χ3n) is 8.78. The molecule has 1 aliphatic rings. The minimum Gasteiger partial charge on any atom is -0.456 e. The molecular weight excluding hydrogens is 574 g/mol. The number of benzene rings is 6. The predicted molar refractivity (Wildman–Crippen MR) is 190 cm³/mol. The Morgan fingerprint density at radius 2 is 1.09 bits per heavy atom. The molecule has 0 fully saturated rings. The second-order valence-electron chi connectivity index (χ2n) is 11.7. The third kappa shape index (κ3) is 4.93. The van der Waals surface area contributed by atoms with Gasteiger partial charge in [-0.2, -0.15) is 0 Å². The quantitative estimate of drug-likeness (QED) is 0.197. The van der Waals surface area contributed by atoms with Crippen molar-refractivity contribution in [3.8, 4) is 78.8 Å². The van der Waals surface area contributed by atoms with Gasteiger partial charge < -0.3 is 4.74 Å². The molecule has 47 heavy (non-hydrogen) atoms. The van der Waals surface area contributed by atoms with Gasteiger partial charge in [-0.05, 0) is 64.0 Å². The van der Waals surface area contributed by atoms with Gasteiger partial charge in [0.1, 0.15) is 11.5 Å². The van der Waals surface area contributed by atoms with E-state index in [1.165, 1.54) is 10.9 Å². The molecule has 0 atom stereocenters. The van der Waals surface area contributed by atoms with Crippen LogP contribution in [0, 0.1) is 0 Å². The molecule has 6 aromatic carbocycles. The Hall–Kier alpha value is -6.39. The molecule has 0 spiro atoms. The van der Waals surface area contributed by atoms with Crippen molar-refractivity contribution in [1.29, 1.82) is 0 Å². The molecule has 3 heterocycles. The van der Waals surface area contributed by atoms with Crippen LogP contribution in [0.1, 0.15) is 0 Å². The van der Waals surface area contributed by atoms with Crippen LogP contribution in [0.25, 0.3) is 78.1 Å². The summed E-state index contributed by atoms with van der Waals surface area (Å²) in [4.78, 5) is 14.4. The first-order valence-corrected chi connectivity index (χ1v) is 15.7. The van der Waals surface area contributed by atoms with Gasteiger partial charge in [0.05, 0.1) is 11.4 Å². The van der Waals surface area contributed by atoms with E-state index in [0.29, 0.717) is 5.82 Å². The zero-order chi connectivity index (χ0) is 31.2. The zero-order valence-corrected chi connectivity index (χ0v) is 25.3. The minimum absolute atomic E-state index is 0.693. The van der Waals surface area contributed by atoms with Crippen LogP contribution in [-0.4, -0.2) is 15.0 Å². The number of hydrogen-bond acceptors (Lipinski definition) is 4. The first-order chi connectivity index (χ1) is 23.3. The highest BCUT2D eigenvalue weighted by molar-refractivity contribution is 6.04. The Labute approximate surface area is 272 Å². The van der Waals surface area contributed by atoms with Crippen molar-refractivity contribution >= 4 is 10.8 Å². The van der Waals surface area contributed by atoms with E-state index in [1.54, 1.807) is 6.20 Å². The maximum absolute atomic E-state index is 6.33. The second-order valence-corrected chi connectivity index (χ2v) is 11.7. The lowest BCUT2D eigenvalue weighted by Gasteiger charge is -2.22. The Morgan fingerprint density at radius 1 is 0.404 bits per heavy atom. The highest BCUT2D eigenvalue weighted by atomic mass is 16.5. The van der Waals surface area contributed by atoms with Crippen LogP contribution >= 0.6 is 0 Å². The molecule has 4 nitrogen and oxygen atoms in total. The van der Waals surface area contributed by atoms with Crippen molar-refractivity contribution in [2.45, 2.75) is 0 Å². The lowest BCUT2D eigenvalue weighted by atomic mass is 9.92. The van der Waals surface area contributed by atoms with E-state index >= 15 is 0 Å². The first kappa shape index (κ1) is 27.0. The van der Waals surface area contributed by atoms with Gasteiger partial charge in [-0.3, -0.25) is 4.98 Å². The van der Waals surface area contributed by atoms with Crippen LogP contribution in [0.3, 0.4) is 0 Å². The lowest BCUT2D eigenvalue weighted by Crippen LogP contribution is -1.97. The van der Waals surface area contributed by atoms with Crippen LogP contribution in [-0.2, 0) is 0 Å². The number of nitrogens with zero attached hydrogens (tertiary/aromatic N) is 3. The number of aromatic nitrogens is 3. The highest BCUT2D eigenvalue weighted by Gasteiger charge is 2.20. The van der Waals surface area contributed by atoms with Gasteiger partial charge in [0.2, 0.25) is 0 Å². The molecule has 1 aliphatic heterocycles. The summed E-state index contributed by atoms with van der Waals surface area (Å²) >= 11 is 0. The van der Waals surface area contributed by atoms with Gasteiger partial charge in [0.25, 0.3) is 0 Å². The summed E-state index contributed by atoms with van der Waals surface area (Å²) in [6, 6.07) is 52.4. The minimum atomic E-state index is 0.693. The average Bonchev–Trinajstić information content (AvgIpc) is 3.16. The number of ether oxygens (including phenoxy) is 1. The highest BCUT2D eigenvalue weighted by Crippen LogP contribution is 2.47. The van der Waals surface area contributed by atoms with Crippen molar-refractivity contribution in [2.75, 3.05) is 0 Å². The molecule has 0 unspecified atom stereocenters. The smallest absolute Gasteiger partial charge is 0.160 e. The van der Waals surface area contributed by atoms with E-state index in [9.17, 15) is 0 Å². The van der Waals surface area contributed by atoms with Crippen LogP contribution in [0.5, 0.6) is 11.5 Å². The molecule has 2 aromatic heterocycles. The van der Waals surface area contributed by atoms with E-state index in [-0.39, 0.29) is 0 Å². The van der Waals surface area contributed by atoms with Gasteiger partial charge >= 0.3 is 0 Å². The molecule has 8 aromatic rings. The molecule has 0 saturated heterocycles. The summed E-state index contributed by atoms with van der Waals surface area (Å²) in [5, 5.41) is 2.35. The number of hydrogen-bond donors (Lipinski definition) is 0. The van der Waals surface area contributed by atoms with Gasteiger partial charge in [0, 0.05) is 45.6 Å². The lowest BCUT2D eigenvalue weighted by molar-refractivity contribution is 0.487. The molecular formula is C43H27N3O. The van der Waals surface area contributed by atoms with E-state index in [1.807, 2.05) is 42.6 Å². The van der Waals surface area contributed by atoms with E-state index in [2.05, 4.69) is 120 Å². The van der Waals surface area contributed by atoms with E-state index in [4.69, 9.17) is 14.7 Å². The topological polar surface area (TPSA) is 47.9 Å². The molecule has 4 heteroatoms. The van der Waals surface area contributed by atoms with Gasteiger partial charge in [-0.15, -0.1) is 0 Å². The fourth-order valence-corrected chi connectivity index (χ4v) is 6.43. The second kappa shape index (κ2) is 11.2. The summed E-state index contributed by atoms with van der Waals surface area (Å²) in [7, 11) is 0. The molecule has 220 valence electrons. The summed E-state index contributed by atoms with van der Waals surface area (Å²) in [6.07, 6.45) is 3.68. The summed E-state index contributed by atoms with van der Waals surface area (Å²) in [5.41, 5.74) is 11.5. The molecule has 0 aliphatic carbocycles. The van der Waals surface area contributed by atoms with Crippen LogP contribution < -0.4 is 4.74 Å². The normalized spacial score (nSPS) is 11.6. The third-order valence-corrected chi connectivity index (χ3v) is 8.78. The van der Waals surface area contributed by atoms with Crippen molar-refractivity contribution < 1.29 is 4.74 Å². The van der Waals surface area contributed by atoms with Gasteiger partial charge in [0.15, 0.2) is 5.82 Å². The van der Waals surface area contributed by atoms with Crippen molar-refractivity contribution in [3.63, 3.8) is 0 Å². The Kier molecular flexibility index (Phi) is 6.43. The Balaban J connectivity index is 1.10. The first-order valence-electron chi connectivity index (χ1n) is 15.7. The Bertz CT molecular complexity index is 2420. The largest absolute Gasteiger partial charge is 0.456 e. The maximum Gasteiger partial charge on any atom is 0.160 e. The van der Waals surface area contributed by atoms with E-state index in [0.717, 1.165) is 72.8 Å². The maximum atomic E-state index is 6.33. The molecule has 9 rings (SSSR count). The monoisotopic (exact) mass is 601 g/mol. The number of fused-ring (bicyclic) bond motifs is 2. The van der Waals surface area contributed by atoms with Crippen molar-refractivity contribution in [1.82, 2.24) is 15.0 Å². The Morgan fingerprint density at radius 3 is 1.91 bits per heavy atom. The van der Waals surface area contributed by atoms with Crippen LogP contribution in [0.2, 0.25) is 0 Å². The molecule has 0 bridgehead atoms. The molecule has 0 N–H and O–H groups in total. The van der Waals surface area contributed by atoms with Crippen molar-refractivity contribution in [2.24, 2.45) is 0 Å². The number of pyridine rings is 1. The number of rotatable bonds is 5. The summed E-state index contributed by atoms with van der Waals surface area (Å²) in [6.45, 7) is 0.